The van der Waals surface area contributed by atoms with Gasteiger partial charge in [0.2, 0.25) is 5.91 Å². The molecule has 3 rings (SSSR count). The standard InChI is InChI=1S/C20H25N5O/c1-14-7-5-6-8-18(14)13-25-17(4)20(16(3)23-25)22-19(26)10-12-24-15(2)9-11-21-24/h5-9,11H,10,12-13H2,1-4H3,(H,22,26). The lowest BCUT2D eigenvalue weighted by molar-refractivity contribution is -0.116. The number of aryl methyl sites for hydroxylation is 4. The fourth-order valence-corrected chi connectivity index (χ4v) is 3.02. The summed E-state index contributed by atoms with van der Waals surface area (Å²) in [4.78, 5) is 12.4. The van der Waals surface area contributed by atoms with Gasteiger partial charge in [-0.3, -0.25) is 14.2 Å². The van der Waals surface area contributed by atoms with Gasteiger partial charge in [0, 0.05) is 24.9 Å². The molecule has 0 bridgehead atoms. The molecule has 0 fully saturated rings. The maximum atomic E-state index is 12.4. The Hall–Kier alpha value is -2.89. The molecule has 26 heavy (non-hydrogen) atoms. The first-order valence-electron chi connectivity index (χ1n) is 8.82. The van der Waals surface area contributed by atoms with E-state index in [0.717, 1.165) is 22.8 Å². The highest BCUT2D eigenvalue weighted by Crippen LogP contribution is 2.21. The Morgan fingerprint density at radius 2 is 1.85 bits per heavy atom. The maximum Gasteiger partial charge on any atom is 0.226 e. The average molecular weight is 351 g/mol. The zero-order valence-corrected chi connectivity index (χ0v) is 15.8. The van der Waals surface area contributed by atoms with Crippen molar-refractivity contribution >= 4 is 11.6 Å². The van der Waals surface area contributed by atoms with Crippen LogP contribution in [0.5, 0.6) is 0 Å². The Balaban J connectivity index is 1.68. The summed E-state index contributed by atoms with van der Waals surface area (Å²) >= 11 is 0. The lowest BCUT2D eigenvalue weighted by Crippen LogP contribution is -2.16. The highest BCUT2D eigenvalue weighted by Gasteiger charge is 2.15. The van der Waals surface area contributed by atoms with Gasteiger partial charge in [-0.15, -0.1) is 0 Å². The quantitative estimate of drug-likeness (QED) is 0.740. The zero-order chi connectivity index (χ0) is 18.7. The summed E-state index contributed by atoms with van der Waals surface area (Å²) in [5, 5.41) is 11.8. The van der Waals surface area contributed by atoms with E-state index in [1.807, 2.05) is 48.3 Å². The van der Waals surface area contributed by atoms with Crippen molar-refractivity contribution in [3.05, 3.63) is 64.7 Å². The largest absolute Gasteiger partial charge is 0.323 e. The van der Waals surface area contributed by atoms with Crippen LogP contribution in [0.25, 0.3) is 0 Å². The number of nitrogens with zero attached hydrogens (tertiary/aromatic N) is 4. The van der Waals surface area contributed by atoms with Crippen LogP contribution >= 0.6 is 0 Å². The molecule has 1 N–H and O–H groups in total. The second kappa shape index (κ2) is 7.56. The van der Waals surface area contributed by atoms with Gasteiger partial charge in [-0.05, 0) is 44.9 Å². The van der Waals surface area contributed by atoms with Crippen molar-refractivity contribution in [3.8, 4) is 0 Å². The Morgan fingerprint density at radius 3 is 2.54 bits per heavy atom. The molecule has 1 amide bonds. The fourth-order valence-electron chi connectivity index (χ4n) is 3.02. The molecule has 0 saturated heterocycles. The van der Waals surface area contributed by atoms with Crippen LogP contribution in [0.1, 0.15) is 34.6 Å². The molecule has 2 aromatic heterocycles. The molecule has 1 aromatic carbocycles. The van der Waals surface area contributed by atoms with Gasteiger partial charge in [-0.2, -0.15) is 10.2 Å². The summed E-state index contributed by atoms with van der Waals surface area (Å²) < 4.78 is 3.78. The van der Waals surface area contributed by atoms with Crippen molar-refractivity contribution in [2.45, 2.75) is 47.2 Å². The van der Waals surface area contributed by atoms with E-state index in [4.69, 9.17) is 0 Å². The normalized spacial score (nSPS) is 10.9. The van der Waals surface area contributed by atoms with Crippen molar-refractivity contribution in [2.75, 3.05) is 5.32 Å². The highest BCUT2D eigenvalue weighted by molar-refractivity contribution is 5.91. The van der Waals surface area contributed by atoms with Crippen LogP contribution < -0.4 is 5.32 Å². The topological polar surface area (TPSA) is 64.7 Å². The van der Waals surface area contributed by atoms with E-state index in [0.29, 0.717) is 19.5 Å². The number of hydrogen-bond acceptors (Lipinski definition) is 3. The summed E-state index contributed by atoms with van der Waals surface area (Å²) in [6, 6.07) is 10.2. The molecule has 2 heterocycles. The van der Waals surface area contributed by atoms with Gasteiger partial charge in [-0.1, -0.05) is 24.3 Å². The van der Waals surface area contributed by atoms with Crippen molar-refractivity contribution in [1.29, 1.82) is 0 Å². The van der Waals surface area contributed by atoms with E-state index < -0.39 is 0 Å². The predicted octanol–water partition coefficient (Wildman–Crippen LogP) is 3.39. The summed E-state index contributed by atoms with van der Waals surface area (Å²) in [5.41, 5.74) is 6.12. The van der Waals surface area contributed by atoms with Crippen LogP contribution in [0.4, 0.5) is 5.69 Å². The molecule has 0 atom stereocenters. The fraction of sp³-hybridized carbons (Fsp3) is 0.350. The van der Waals surface area contributed by atoms with Crippen LogP contribution in [0.3, 0.4) is 0 Å². The van der Waals surface area contributed by atoms with Gasteiger partial charge in [0.05, 0.1) is 23.6 Å². The third-order valence-electron chi connectivity index (χ3n) is 4.71. The number of hydrogen-bond donors (Lipinski definition) is 1. The van der Waals surface area contributed by atoms with E-state index in [1.54, 1.807) is 6.20 Å². The van der Waals surface area contributed by atoms with Gasteiger partial charge < -0.3 is 5.32 Å². The van der Waals surface area contributed by atoms with Gasteiger partial charge >= 0.3 is 0 Å². The third kappa shape index (κ3) is 3.85. The van der Waals surface area contributed by atoms with Crippen molar-refractivity contribution < 1.29 is 4.79 Å². The Labute approximate surface area is 153 Å². The number of amides is 1. The molecule has 0 aliphatic heterocycles. The molecule has 0 spiro atoms. The first-order chi connectivity index (χ1) is 12.5. The number of rotatable bonds is 6. The minimum absolute atomic E-state index is 0.0264. The maximum absolute atomic E-state index is 12.4. The van der Waals surface area contributed by atoms with Gasteiger partial charge in [0.25, 0.3) is 0 Å². The molecule has 6 heteroatoms. The summed E-state index contributed by atoms with van der Waals surface area (Å²) in [7, 11) is 0. The van der Waals surface area contributed by atoms with E-state index in [2.05, 4.69) is 34.6 Å². The number of carbonyl (C=O) groups excluding carboxylic acids is 1. The number of carbonyl (C=O) groups is 1. The first-order valence-corrected chi connectivity index (χ1v) is 8.82. The highest BCUT2D eigenvalue weighted by atomic mass is 16.1. The van der Waals surface area contributed by atoms with E-state index in [9.17, 15) is 4.79 Å². The van der Waals surface area contributed by atoms with E-state index in [-0.39, 0.29) is 5.91 Å². The SMILES string of the molecule is Cc1ccccc1Cn1nc(C)c(NC(=O)CCn2nccc2C)c1C. The number of nitrogens with one attached hydrogen (secondary N) is 1. The van der Waals surface area contributed by atoms with Crippen molar-refractivity contribution in [3.63, 3.8) is 0 Å². The van der Waals surface area contributed by atoms with E-state index >= 15 is 0 Å². The van der Waals surface area contributed by atoms with E-state index in [1.165, 1.54) is 11.1 Å². The number of anilines is 1. The molecule has 6 nitrogen and oxygen atoms in total. The van der Waals surface area contributed by atoms with Crippen LogP contribution in [0.15, 0.2) is 36.5 Å². The molecule has 3 aromatic rings. The van der Waals surface area contributed by atoms with Crippen LogP contribution in [-0.2, 0) is 17.9 Å². The van der Waals surface area contributed by atoms with Crippen molar-refractivity contribution in [2.24, 2.45) is 0 Å². The predicted molar refractivity (Wildman–Crippen MR) is 102 cm³/mol. The van der Waals surface area contributed by atoms with Crippen LogP contribution in [0, 0.1) is 27.7 Å². The summed E-state index contributed by atoms with van der Waals surface area (Å²) in [6.07, 6.45) is 2.13. The minimum atomic E-state index is -0.0264. The Kier molecular flexibility index (Phi) is 5.21. The molecule has 136 valence electrons. The molecule has 0 saturated carbocycles. The molecule has 0 aliphatic carbocycles. The lowest BCUT2D eigenvalue weighted by Gasteiger charge is -2.09. The minimum Gasteiger partial charge on any atom is -0.323 e. The number of aromatic nitrogens is 4. The molecule has 0 radical (unpaired) electrons. The Morgan fingerprint density at radius 1 is 1.08 bits per heavy atom. The molecule has 0 unspecified atom stereocenters. The average Bonchev–Trinajstić information content (AvgIpc) is 3.13. The van der Waals surface area contributed by atoms with Gasteiger partial charge in [0.15, 0.2) is 0 Å². The van der Waals surface area contributed by atoms with Gasteiger partial charge in [-0.25, -0.2) is 0 Å². The number of benzene rings is 1. The molecular weight excluding hydrogens is 326 g/mol. The first kappa shape index (κ1) is 17.9. The summed E-state index contributed by atoms with van der Waals surface area (Å²) in [5.74, 6) is -0.0264. The second-order valence-electron chi connectivity index (χ2n) is 6.62. The second-order valence-corrected chi connectivity index (χ2v) is 6.62. The van der Waals surface area contributed by atoms with Crippen LogP contribution in [-0.4, -0.2) is 25.5 Å². The van der Waals surface area contributed by atoms with Crippen LogP contribution in [0.2, 0.25) is 0 Å². The molecular formula is C20H25N5O. The monoisotopic (exact) mass is 351 g/mol. The summed E-state index contributed by atoms with van der Waals surface area (Å²) in [6.45, 7) is 9.26. The van der Waals surface area contributed by atoms with Gasteiger partial charge in [0.1, 0.15) is 0 Å². The van der Waals surface area contributed by atoms with Crippen molar-refractivity contribution in [1.82, 2.24) is 19.6 Å². The third-order valence-corrected chi connectivity index (χ3v) is 4.71. The lowest BCUT2D eigenvalue weighted by atomic mass is 10.1. The molecule has 0 aliphatic rings. The zero-order valence-electron chi connectivity index (χ0n) is 15.8. The smallest absolute Gasteiger partial charge is 0.226 e. The Bertz CT molecular complexity index is 922.